The summed E-state index contributed by atoms with van der Waals surface area (Å²) in [5.41, 5.74) is 4.76. The van der Waals surface area contributed by atoms with Crippen molar-refractivity contribution < 1.29 is 23.4 Å². The zero-order valence-electron chi connectivity index (χ0n) is 17.9. The van der Waals surface area contributed by atoms with Gasteiger partial charge < -0.3 is 19.9 Å². The molecule has 9 nitrogen and oxygen atoms in total. The van der Waals surface area contributed by atoms with E-state index in [-0.39, 0.29) is 19.6 Å². The molecule has 0 bridgehead atoms. The molecule has 180 valence electrons. The van der Waals surface area contributed by atoms with Crippen LogP contribution in [0, 0.1) is 5.82 Å². The molecule has 0 spiro atoms. The summed E-state index contributed by atoms with van der Waals surface area (Å²) in [6, 6.07) is 6.30. The number of aromatic amines is 1. The first kappa shape index (κ1) is 25.4. The number of nitrogens with two attached hydrogens (primary N) is 1. The molecule has 1 saturated heterocycles. The van der Waals surface area contributed by atoms with E-state index < -0.39 is 47.5 Å². The number of ether oxygens (including phenoxy) is 3. The van der Waals surface area contributed by atoms with Crippen LogP contribution in [0.15, 0.2) is 40.1 Å². The zero-order chi connectivity index (χ0) is 24.0. The number of esters is 1. The summed E-state index contributed by atoms with van der Waals surface area (Å²) in [7, 11) is 0. The lowest BCUT2D eigenvalue weighted by molar-refractivity contribution is -0.153. The predicted octanol–water partition coefficient (Wildman–Crippen LogP) is 1.83. The number of halogens is 2. The number of aromatic nitrogens is 2. The number of rotatable bonds is 10. The molecule has 1 aliphatic rings. The third-order valence-electron chi connectivity index (χ3n) is 5.12. The maximum absolute atomic E-state index is 13.8. The standard InChI is InChI=1S/C21H25ClFN3O6S/c1-33-7-6-15(24)20(28)31-11-17-16(30-10-12-2-4-13(22)5-3-12)8-18(32-17)26-9-14(23)19(27)25-21(26)29/h2-5,9,15-18H,6-8,10-11,24H2,1H3,(H,25,27,29)/t15?,16-,17+,18+/m0/s1. The molecule has 3 N–H and O–H groups in total. The third kappa shape index (κ3) is 6.90. The van der Waals surface area contributed by atoms with Crippen LogP contribution in [0.1, 0.15) is 24.6 Å². The quantitative estimate of drug-likeness (QED) is 0.472. The van der Waals surface area contributed by atoms with Gasteiger partial charge in [0, 0.05) is 11.4 Å². The number of hydrogen-bond donors (Lipinski definition) is 2. The van der Waals surface area contributed by atoms with Crippen molar-refractivity contribution in [3.63, 3.8) is 0 Å². The summed E-state index contributed by atoms with van der Waals surface area (Å²) in [5, 5.41) is 0.588. The first-order valence-electron chi connectivity index (χ1n) is 10.2. The van der Waals surface area contributed by atoms with Gasteiger partial charge in [0.2, 0.25) is 5.82 Å². The van der Waals surface area contributed by atoms with Crippen molar-refractivity contribution in [1.82, 2.24) is 9.55 Å². The van der Waals surface area contributed by atoms with E-state index in [9.17, 15) is 18.8 Å². The van der Waals surface area contributed by atoms with E-state index in [0.29, 0.717) is 17.2 Å². The highest BCUT2D eigenvalue weighted by Crippen LogP contribution is 2.31. The van der Waals surface area contributed by atoms with Crippen LogP contribution in [0.25, 0.3) is 0 Å². The average Bonchev–Trinajstić information content (AvgIpc) is 3.20. The lowest BCUT2D eigenvalue weighted by Gasteiger charge is -2.20. The highest BCUT2D eigenvalue weighted by Gasteiger charge is 2.39. The van der Waals surface area contributed by atoms with Crippen molar-refractivity contribution in [1.29, 1.82) is 0 Å². The second-order valence-electron chi connectivity index (χ2n) is 7.50. The molecule has 2 heterocycles. The second kappa shape index (κ2) is 11.8. The number of H-pyrrole nitrogens is 1. The van der Waals surface area contributed by atoms with Gasteiger partial charge >= 0.3 is 11.7 Å². The van der Waals surface area contributed by atoms with Gasteiger partial charge in [-0.25, -0.2) is 4.79 Å². The largest absolute Gasteiger partial charge is 0.462 e. The van der Waals surface area contributed by atoms with Gasteiger partial charge in [-0.3, -0.25) is 19.1 Å². The summed E-state index contributed by atoms with van der Waals surface area (Å²) in [4.78, 5) is 37.6. The molecule has 1 aromatic carbocycles. The molecular weight excluding hydrogens is 477 g/mol. The first-order valence-corrected chi connectivity index (χ1v) is 12.0. The van der Waals surface area contributed by atoms with Crippen LogP contribution in [-0.4, -0.2) is 52.4 Å². The summed E-state index contributed by atoms with van der Waals surface area (Å²) >= 11 is 7.48. The molecule has 3 rings (SSSR count). The van der Waals surface area contributed by atoms with Crippen molar-refractivity contribution in [2.75, 3.05) is 18.6 Å². The van der Waals surface area contributed by atoms with Crippen LogP contribution in [0.4, 0.5) is 4.39 Å². The number of thioether (sulfide) groups is 1. The van der Waals surface area contributed by atoms with Crippen LogP contribution in [0.5, 0.6) is 0 Å². The number of nitrogens with zero attached hydrogens (tertiary/aromatic N) is 1. The molecule has 2 aromatic rings. The van der Waals surface area contributed by atoms with Crippen molar-refractivity contribution in [3.05, 3.63) is 67.7 Å². The lowest BCUT2D eigenvalue weighted by atomic mass is 10.1. The van der Waals surface area contributed by atoms with Crippen molar-refractivity contribution in [2.24, 2.45) is 5.73 Å². The molecule has 0 saturated carbocycles. The molecule has 33 heavy (non-hydrogen) atoms. The van der Waals surface area contributed by atoms with Crippen LogP contribution in [0.2, 0.25) is 5.02 Å². The van der Waals surface area contributed by atoms with Gasteiger partial charge in [0.1, 0.15) is 25.0 Å². The fourth-order valence-electron chi connectivity index (χ4n) is 3.29. The maximum Gasteiger partial charge on any atom is 0.330 e. The normalized spacial score (nSPS) is 21.2. The Kier molecular flexibility index (Phi) is 9.10. The Labute approximate surface area is 198 Å². The van der Waals surface area contributed by atoms with Gasteiger partial charge in [-0.2, -0.15) is 16.2 Å². The summed E-state index contributed by atoms with van der Waals surface area (Å²) in [6.07, 6.45) is 1.09. The zero-order valence-corrected chi connectivity index (χ0v) is 19.4. The SMILES string of the molecule is CSCCC(N)C(=O)OC[C@H]1O[C@@H](n2cc(F)c(=O)[nH]c2=O)C[C@@H]1OCc1ccc(Cl)cc1. The Bertz CT molecular complexity index is 1060. The van der Waals surface area contributed by atoms with E-state index in [1.165, 1.54) is 0 Å². The van der Waals surface area contributed by atoms with Gasteiger partial charge in [-0.1, -0.05) is 23.7 Å². The number of carbonyl (C=O) groups is 1. The predicted molar refractivity (Wildman–Crippen MR) is 122 cm³/mol. The van der Waals surface area contributed by atoms with E-state index in [1.807, 2.05) is 11.2 Å². The topological polar surface area (TPSA) is 126 Å². The van der Waals surface area contributed by atoms with Gasteiger partial charge in [-0.15, -0.1) is 0 Å². The van der Waals surface area contributed by atoms with Crippen molar-refractivity contribution >= 4 is 29.3 Å². The van der Waals surface area contributed by atoms with Gasteiger partial charge in [0.05, 0.1) is 18.9 Å². The Morgan fingerprint density at radius 3 is 2.82 bits per heavy atom. The molecule has 4 atom stereocenters. The third-order valence-corrected chi connectivity index (χ3v) is 6.01. The van der Waals surface area contributed by atoms with Gasteiger partial charge in [0.15, 0.2) is 0 Å². The molecule has 1 fully saturated rings. The summed E-state index contributed by atoms with van der Waals surface area (Å²) < 4.78 is 31.9. The minimum Gasteiger partial charge on any atom is -0.462 e. The van der Waals surface area contributed by atoms with Gasteiger partial charge in [-0.05, 0) is 36.1 Å². The average molecular weight is 502 g/mol. The van der Waals surface area contributed by atoms with Crippen LogP contribution >= 0.6 is 23.4 Å². The van der Waals surface area contributed by atoms with Gasteiger partial charge in [0.25, 0.3) is 5.56 Å². The molecular formula is C21H25ClFN3O6S. The van der Waals surface area contributed by atoms with Crippen LogP contribution in [0.3, 0.4) is 0 Å². The summed E-state index contributed by atoms with van der Waals surface area (Å²) in [5.74, 6) is -0.975. The Balaban J connectivity index is 1.71. The van der Waals surface area contributed by atoms with Crippen LogP contribution < -0.4 is 17.0 Å². The van der Waals surface area contributed by atoms with Crippen LogP contribution in [-0.2, 0) is 25.6 Å². The molecule has 1 aliphatic heterocycles. The second-order valence-corrected chi connectivity index (χ2v) is 8.92. The summed E-state index contributed by atoms with van der Waals surface area (Å²) in [6.45, 7) is 0.0542. The Morgan fingerprint density at radius 2 is 2.12 bits per heavy atom. The molecule has 1 unspecified atom stereocenters. The smallest absolute Gasteiger partial charge is 0.330 e. The minimum absolute atomic E-state index is 0.159. The highest BCUT2D eigenvalue weighted by atomic mass is 35.5. The Hall–Kier alpha value is -2.18. The number of hydrogen-bond acceptors (Lipinski definition) is 8. The molecule has 1 aromatic heterocycles. The van der Waals surface area contributed by atoms with Crippen molar-refractivity contribution in [2.45, 2.75) is 43.9 Å². The Morgan fingerprint density at radius 1 is 1.39 bits per heavy atom. The highest BCUT2D eigenvalue weighted by molar-refractivity contribution is 7.98. The molecule has 12 heteroatoms. The number of benzene rings is 1. The fourth-order valence-corrected chi connectivity index (χ4v) is 3.90. The molecule has 0 amide bonds. The molecule has 0 aliphatic carbocycles. The van der Waals surface area contributed by atoms with E-state index in [1.54, 1.807) is 36.0 Å². The minimum atomic E-state index is -1.12. The van der Waals surface area contributed by atoms with E-state index in [2.05, 4.69) is 0 Å². The monoisotopic (exact) mass is 501 g/mol. The fraction of sp³-hybridized carbons (Fsp3) is 0.476. The van der Waals surface area contributed by atoms with E-state index >= 15 is 0 Å². The lowest BCUT2D eigenvalue weighted by Crippen LogP contribution is -2.37. The number of nitrogens with one attached hydrogen (secondary N) is 1. The number of carbonyl (C=O) groups excluding carboxylic acids is 1. The van der Waals surface area contributed by atoms with E-state index in [4.69, 9.17) is 31.5 Å². The van der Waals surface area contributed by atoms with Crippen molar-refractivity contribution in [3.8, 4) is 0 Å². The van der Waals surface area contributed by atoms with E-state index in [0.717, 1.165) is 16.3 Å². The maximum atomic E-state index is 13.8. The molecule has 0 radical (unpaired) electrons. The first-order chi connectivity index (χ1) is 15.8.